The van der Waals surface area contributed by atoms with Crippen LogP contribution in [0.4, 0.5) is 0 Å². The fourth-order valence-corrected chi connectivity index (χ4v) is 2.48. The van der Waals surface area contributed by atoms with E-state index in [0.29, 0.717) is 19.6 Å². The summed E-state index contributed by atoms with van der Waals surface area (Å²) in [5.74, 6) is 0.0439. The van der Waals surface area contributed by atoms with Crippen LogP contribution in [0.15, 0.2) is 5.38 Å². The zero-order valence-corrected chi connectivity index (χ0v) is 15.3. The molecular weight excluding hydrogens is 333 g/mol. The topological polar surface area (TPSA) is 68.5 Å². The maximum absolute atomic E-state index is 11.8. The van der Waals surface area contributed by atoms with E-state index in [9.17, 15) is 4.79 Å². The molecule has 0 fully saturated rings. The number of hydrogen-bond donors (Lipinski definition) is 1. The number of aromatic nitrogens is 1. The highest BCUT2D eigenvalue weighted by atomic mass is 35.5. The van der Waals surface area contributed by atoms with E-state index in [4.69, 9.17) is 10.5 Å². The quantitative estimate of drug-likeness (QED) is 0.814. The second-order valence-corrected chi connectivity index (χ2v) is 5.60. The van der Waals surface area contributed by atoms with Crippen LogP contribution in [0.5, 0.6) is 0 Å². The van der Waals surface area contributed by atoms with Crippen LogP contribution in [0.2, 0.25) is 0 Å². The summed E-state index contributed by atoms with van der Waals surface area (Å²) in [7, 11) is 1.77. The first-order chi connectivity index (χ1) is 8.93. The van der Waals surface area contributed by atoms with Crippen LogP contribution in [-0.2, 0) is 16.1 Å². The van der Waals surface area contributed by atoms with E-state index in [1.807, 2.05) is 26.2 Å². The van der Waals surface area contributed by atoms with Gasteiger partial charge in [-0.1, -0.05) is 0 Å². The first-order valence-corrected chi connectivity index (χ1v) is 7.37. The molecule has 124 valence electrons. The van der Waals surface area contributed by atoms with Crippen molar-refractivity contribution in [2.75, 3.05) is 13.7 Å². The fourth-order valence-electron chi connectivity index (χ4n) is 1.67. The van der Waals surface area contributed by atoms with Crippen LogP contribution in [0, 0.1) is 0 Å². The molecule has 2 atom stereocenters. The number of carbonyl (C=O) groups excluding carboxylic acids is 1. The summed E-state index contributed by atoms with van der Waals surface area (Å²) in [5, 5.41) is 2.92. The lowest BCUT2D eigenvalue weighted by Crippen LogP contribution is -2.31. The molecule has 8 heteroatoms. The number of hydrogen-bond acceptors (Lipinski definition) is 5. The first kappa shape index (κ1) is 22.9. The summed E-state index contributed by atoms with van der Waals surface area (Å²) in [5.41, 5.74) is 6.52. The van der Waals surface area contributed by atoms with Gasteiger partial charge < -0.3 is 15.4 Å². The van der Waals surface area contributed by atoms with Gasteiger partial charge in [0.2, 0.25) is 5.91 Å². The van der Waals surface area contributed by atoms with Crippen molar-refractivity contribution in [3.8, 4) is 0 Å². The third-order valence-corrected chi connectivity index (χ3v) is 3.71. The molecule has 0 saturated carbocycles. The smallest absolute Gasteiger partial charge is 0.224 e. The number of amides is 1. The molecular formula is C13H25Cl2N3O2S. The van der Waals surface area contributed by atoms with Crippen LogP contribution in [0.3, 0.4) is 0 Å². The van der Waals surface area contributed by atoms with E-state index >= 15 is 0 Å². The Kier molecular flexibility index (Phi) is 12.2. The number of nitrogens with two attached hydrogens (primary N) is 1. The highest BCUT2D eigenvalue weighted by molar-refractivity contribution is 7.09. The highest BCUT2D eigenvalue weighted by Crippen LogP contribution is 2.21. The Morgan fingerprint density at radius 3 is 2.62 bits per heavy atom. The molecule has 1 amide bonds. The van der Waals surface area contributed by atoms with Crippen molar-refractivity contribution in [1.29, 1.82) is 0 Å². The van der Waals surface area contributed by atoms with E-state index < -0.39 is 0 Å². The number of nitrogens with zero attached hydrogens (tertiary/aromatic N) is 2. The van der Waals surface area contributed by atoms with Gasteiger partial charge in [-0.3, -0.25) is 4.79 Å². The zero-order chi connectivity index (χ0) is 14.4. The SMILES string of the molecule is CCOC(C)c1nc(CN(C)C(=O)CC(C)N)cs1.Cl.Cl. The Bertz CT molecular complexity index is 416. The van der Waals surface area contributed by atoms with Crippen LogP contribution < -0.4 is 5.73 Å². The minimum absolute atomic E-state index is 0. The summed E-state index contributed by atoms with van der Waals surface area (Å²) >= 11 is 1.57. The third-order valence-electron chi connectivity index (χ3n) is 2.66. The van der Waals surface area contributed by atoms with Gasteiger partial charge in [0.25, 0.3) is 0 Å². The Morgan fingerprint density at radius 2 is 2.10 bits per heavy atom. The largest absolute Gasteiger partial charge is 0.372 e. The van der Waals surface area contributed by atoms with Crippen LogP contribution >= 0.6 is 36.2 Å². The summed E-state index contributed by atoms with van der Waals surface area (Å²) in [6, 6.07) is -0.112. The number of halogens is 2. The molecule has 0 radical (unpaired) electrons. The molecule has 0 aliphatic rings. The van der Waals surface area contributed by atoms with Gasteiger partial charge >= 0.3 is 0 Å². The molecule has 2 unspecified atom stereocenters. The molecule has 1 rings (SSSR count). The van der Waals surface area contributed by atoms with E-state index in [-0.39, 0.29) is 42.9 Å². The maximum Gasteiger partial charge on any atom is 0.224 e. The number of rotatable bonds is 7. The summed E-state index contributed by atoms with van der Waals surface area (Å²) in [4.78, 5) is 18.0. The maximum atomic E-state index is 11.8. The van der Waals surface area contributed by atoms with Gasteiger partial charge in [-0.2, -0.15) is 0 Å². The van der Waals surface area contributed by atoms with Gasteiger partial charge in [0.15, 0.2) is 0 Å². The molecule has 21 heavy (non-hydrogen) atoms. The summed E-state index contributed by atoms with van der Waals surface area (Å²) < 4.78 is 5.50. The van der Waals surface area contributed by atoms with Gasteiger partial charge in [-0.05, 0) is 20.8 Å². The van der Waals surface area contributed by atoms with E-state index in [2.05, 4.69) is 4.98 Å². The predicted octanol–water partition coefficient (Wildman–Crippen LogP) is 2.78. The fraction of sp³-hybridized carbons (Fsp3) is 0.692. The van der Waals surface area contributed by atoms with E-state index in [0.717, 1.165) is 10.7 Å². The lowest BCUT2D eigenvalue weighted by molar-refractivity contribution is -0.130. The molecule has 2 N–H and O–H groups in total. The summed E-state index contributed by atoms with van der Waals surface area (Å²) in [6.45, 7) is 6.96. The van der Waals surface area contributed by atoms with Crippen LogP contribution in [-0.4, -0.2) is 35.5 Å². The molecule has 1 heterocycles. The predicted molar refractivity (Wildman–Crippen MR) is 91.4 cm³/mol. The van der Waals surface area contributed by atoms with Gasteiger partial charge in [0.1, 0.15) is 11.1 Å². The molecule has 1 aromatic rings. The Hall–Kier alpha value is -0.400. The Morgan fingerprint density at radius 1 is 1.48 bits per heavy atom. The average Bonchev–Trinajstić information content (AvgIpc) is 2.77. The van der Waals surface area contributed by atoms with Crippen molar-refractivity contribution >= 4 is 42.1 Å². The monoisotopic (exact) mass is 357 g/mol. The van der Waals surface area contributed by atoms with Gasteiger partial charge in [0, 0.05) is 31.5 Å². The standard InChI is InChI=1S/C13H23N3O2S.2ClH/c1-5-18-10(3)13-15-11(8-19-13)7-16(4)12(17)6-9(2)14;;/h8-10H,5-7,14H2,1-4H3;2*1H. The zero-order valence-electron chi connectivity index (χ0n) is 12.9. The first-order valence-electron chi connectivity index (χ1n) is 6.49. The normalized spacial score (nSPS) is 12.8. The highest BCUT2D eigenvalue weighted by Gasteiger charge is 2.15. The molecule has 0 aliphatic carbocycles. The molecule has 0 aromatic carbocycles. The number of ether oxygens (including phenoxy) is 1. The van der Waals surface area contributed by atoms with Crippen molar-refractivity contribution in [2.45, 2.75) is 45.9 Å². The summed E-state index contributed by atoms with van der Waals surface area (Å²) in [6.07, 6.45) is 0.372. The van der Waals surface area contributed by atoms with Crippen molar-refractivity contribution in [3.63, 3.8) is 0 Å². The number of thiazole rings is 1. The van der Waals surface area contributed by atoms with Crippen molar-refractivity contribution in [3.05, 3.63) is 16.1 Å². The lowest BCUT2D eigenvalue weighted by atomic mass is 10.2. The van der Waals surface area contributed by atoms with Gasteiger partial charge in [-0.15, -0.1) is 36.2 Å². The van der Waals surface area contributed by atoms with Crippen LogP contribution in [0.1, 0.15) is 44.0 Å². The lowest BCUT2D eigenvalue weighted by Gasteiger charge is -2.17. The van der Waals surface area contributed by atoms with E-state index in [1.165, 1.54) is 0 Å². The van der Waals surface area contributed by atoms with Crippen molar-refractivity contribution in [1.82, 2.24) is 9.88 Å². The van der Waals surface area contributed by atoms with Gasteiger partial charge in [0.05, 0.1) is 12.2 Å². The van der Waals surface area contributed by atoms with Gasteiger partial charge in [-0.25, -0.2) is 4.98 Å². The minimum Gasteiger partial charge on any atom is -0.372 e. The molecule has 0 bridgehead atoms. The van der Waals surface area contributed by atoms with Crippen LogP contribution in [0.25, 0.3) is 0 Å². The molecule has 0 saturated heterocycles. The Balaban J connectivity index is 0. The van der Waals surface area contributed by atoms with Crippen molar-refractivity contribution in [2.24, 2.45) is 5.73 Å². The molecule has 0 aliphatic heterocycles. The van der Waals surface area contributed by atoms with E-state index in [1.54, 1.807) is 23.3 Å². The molecule has 1 aromatic heterocycles. The van der Waals surface area contributed by atoms with Crippen molar-refractivity contribution < 1.29 is 9.53 Å². The Labute approximate surface area is 143 Å². The number of carbonyl (C=O) groups is 1. The molecule has 5 nitrogen and oxygen atoms in total. The third kappa shape index (κ3) is 7.97. The second-order valence-electron chi connectivity index (χ2n) is 4.71. The minimum atomic E-state index is -0.112. The average molecular weight is 358 g/mol. The molecule has 0 spiro atoms. The second kappa shape index (κ2) is 11.2.